The van der Waals surface area contributed by atoms with E-state index < -0.39 is 0 Å². The van der Waals surface area contributed by atoms with Gasteiger partial charge in [0, 0.05) is 5.69 Å². The Hall–Kier alpha value is -3.06. The van der Waals surface area contributed by atoms with Crippen molar-refractivity contribution >= 4 is 23.2 Å². The molecular weight excluding hydrogens is 356 g/mol. The molecule has 1 aromatic heterocycles. The molecule has 0 atom stereocenters. The number of anilines is 1. The molecule has 132 valence electrons. The second-order valence-corrected chi connectivity index (χ2v) is 6.12. The van der Waals surface area contributed by atoms with Crippen molar-refractivity contribution in [1.82, 2.24) is 14.8 Å². The Morgan fingerprint density at radius 1 is 1.19 bits per heavy atom. The molecule has 26 heavy (non-hydrogen) atoms. The second kappa shape index (κ2) is 7.05. The van der Waals surface area contributed by atoms with Crippen molar-refractivity contribution in [3.63, 3.8) is 0 Å². The maximum Gasteiger partial charge on any atom is 0.228 e. The van der Waals surface area contributed by atoms with E-state index in [1.807, 2.05) is 24.3 Å². The van der Waals surface area contributed by atoms with Crippen LogP contribution in [0.4, 0.5) is 5.69 Å². The Kier molecular flexibility index (Phi) is 4.45. The van der Waals surface area contributed by atoms with Gasteiger partial charge in [-0.1, -0.05) is 11.6 Å². The number of hydrogen-bond donors (Lipinski definition) is 1. The van der Waals surface area contributed by atoms with E-state index >= 15 is 0 Å². The smallest absolute Gasteiger partial charge is 0.228 e. The van der Waals surface area contributed by atoms with Crippen molar-refractivity contribution in [3.8, 4) is 17.2 Å². The highest BCUT2D eigenvalue weighted by molar-refractivity contribution is 6.32. The van der Waals surface area contributed by atoms with E-state index in [4.69, 9.17) is 21.1 Å². The minimum atomic E-state index is -0.147. The van der Waals surface area contributed by atoms with Crippen LogP contribution in [0, 0.1) is 0 Å². The Bertz CT molecular complexity index is 926. The number of ether oxygens (including phenoxy) is 2. The Morgan fingerprint density at radius 3 is 2.77 bits per heavy atom. The number of amides is 1. The van der Waals surface area contributed by atoms with Crippen molar-refractivity contribution in [2.45, 2.75) is 6.42 Å². The lowest BCUT2D eigenvalue weighted by Gasteiger charge is -2.20. The number of benzene rings is 2. The lowest BCUT2D eigenvalue weighted by Crippen LogP contribution is -2.17. The number of nitrogens with one attached hydrogen (secondary N) is 1. The molecule has 3 aromatic rings. The molecule has 0 spiro atoms. The van der Waals surface area contributed by atoms with Gasteiger partial charge in [-0.15, -0.1) is 0 Å². The van der Waals surface area contributed by atoms with E-state index in [1.54, 1.807) is 23.1 Å². The van der Waals surface area contributed by atoms with Gasteiger partial charge in [0.05, 0.1) is 17.1 Å². The van der Waals surface area contributed by atoms with Gasteiger partial charge in [-0.3, -0.25) is 4.79 Å². The normalized spacial score (nSPS) is 12.7. The molecule has 0 saturated heterocycles. The van der Waals surface area contributed by atoms with Crippen molar-refractivity contribution in [3.05, 3.63) is 59.6 Å². The highest BCUT2D eigenvalue weighted by Crippen LogP contribution is 2.38. The first-order valence-corrected chi connectivity index (χ1v) is 8.40. The van der Waals surface area contributed by atoms with Crippen LogP contribution in [0.15, 0.2) is 49.1 Å². The van der Waals surface area contributed by atoms with Gasteiger partial charge in [0.2, 0.25) is 5.91 Å². The standard InChI is InChI=1S/C18H15ClN4O3/c19-15-7-12(8-16-18(15)26-6-5-25-16)9-17(24)22-13-1-3-14(4-2-13)23-11-20-10-21-23/h1-4,7-8,10-11H,5-6,9H2,(H,22,24). The highest BCUT2D eigenvalue weighted by atomic mass is 35.5. The van der Waals surface area contributed by atoms with Crippen LogP contribution in [0.5, 0.6) is 11.5 Å². The lowest BCUT2D eigenvalue weighted by atomic mass is 10.1. The largest absolute Gasteiger partial charge is 0.486 e. The molecule has 1 aliphatic rings. The number of carbonyl (C=O) groups is 1. The molecule has 7 nitrogen and oxygen atoms in total. The molecule has 0 saturated carbocycles. The predicted molar refractivity (Wildman–Crippen MR) is 96.1 cm³/mol. The average Bonchev–Trinajstić information content (AvgIpc) is 3.17. The van der Waals surface area contributed by atoms with Gasteiger partial charge >= 0.3 is 0 Å². The van der Waals surface area contributed by atoms with Crippen LogP contribution in [-0.2, 0) is 11.2 Å². The lowest BCUT2D eigenvalue weighted by molar-refractivity contribution is -0.115. The summed E-state index contributed by atoms with van der Waals surface area (Å²) in [4.78, 5) is 16.2. The molecule has 2 heterocycles. The van der Waals surface area contributed by atoms with Gasteiger partial charge in [0.1, 0.15) is 25.9 Å². The number of rotatable bonds is 4. The minimum absolute atomic E-state index is 0.147. The maximum atomic E-state index is 12.3. The van der Waals surface area contributed by atoms with Crippen LogP contribution in [0.2, 0.25) is 5.02 Å². The fourth-order valence-corrected chi connectivity index (χ4v) is 2.98. The number of aromatic nitrogens is 3. The topological polar surface area (TPSA) is 78.3 Å². The summed E-state index contributed by atoms with van der Waals surface area (Å²) in [7, 11) is 0. The highest BCUT2D eigenvalue weighted by Gasteiger charge is 2.17. The number of carbonyl (C=O) groups excluding carboxylic acids is 1. The molecule has 0 unspecified atom stereocenters. The average molecular weight is 371 g/mol. The number of halogens is 1. The molecule has 1 amide bonds. The first-order valence-electron chi connectivity index (χ1n) is 8.02. The molecule has 2 aromatic carbocycles. The van der Waals surface area contributed by atoms with E-state index in [2.05, 4.69) is 15.4 Å². The third kappa shape index (κ3) is 3.48. The van der Waals surface area contributed by atoms with Crippen LogP contribution < -0.4 is 14.8 Å². The summed E-state index contributed by atoms with van der Waals surface area (Å²) in [5, 5.41) is 7.37. The van der Waals surface area contributed by atoms with E-state index in [1.165, 1.54) is 6.33 Å². The molecule has 0 fully saturated rings. The summed E-state index contributed by atoms with van der Waals surface area (Å²) in [5.41, 5.74) is 2.32. The quantitative estimate of drug-likeness (QED) is 0.764. The predicted octanol–water partition coefficient (Wildman–Crippen LogP) is 2.87. The summed E-state index contributed by atoms with van der Waals surface area (Å²) in [6, 6.07) is 10.8. The third-order valence-corrected chi connectivity index (χ3v) is 4.14. The number of nitrogens with zero attached hydrogens (tertiary/aromatic N) is 3. The molecule has 4 rings (SSSR count). The first-order chi connectivity index (χ1) is 12.7. The molecule has 0 aliphatic carbocycles. The number of fused-ring (bicyclic) bond motifs is 1. The van der Waals surface area contributed by atoms with Gasteiger partial charge in [0.25, 0.3) is 0 Å². The van der Waals surface area contributed by atoms with Crippen molar-refractivity contribution < 1.29 is 14.3 Å². The van der Waals surface area contributed by atoms with Gasteiger partial charge in [-0.2, -0.15) is 5.10 Å². The van der Waals surface area contributed by atoms with E-state index in [9.17, 15) is 4.79 Å². The van der Waals surface area contributed by atoms with E-state index in [0.29, 0.717) is 35.4 Å². The van der Waals surface area contributed by atoms with Gasteiger partial charge in [-0.05, 0) is 42.0 Å². The second-order valence-electron chi connectivity index (χ2n) is 5.71. The Balaban J connectivity index is 1.43. The molecule has 0 bridgehead atoms. The zero-order valence-corrected chi connectivity index (χ0v) is 14.4. The number of hydrogen-bond acceptors (Lipinski definition) is 5. The van der Waals surface area contributed by atoms with E-state index in [-0.39, 0.29) is 12.3 Å². The van der Waals surface area contributed by atoms with Crippen molar-refractivity contribution in [2.75, 3.05) is 18.5 Å². The SMILES string of the molecule is O=C(Cc1cc(Cl)c2c(c1)OCCO2)Nc1ccc(-n2cncn2)cc1. The molecule has 8 heteroatoms. The molecule has 1 aliphatic heterocycles. The van der Waals surface area contributed by atoms with Crippen LogP contribution >= 0.6 is 11.6 Å². The molecular formula is C18H15ClN4O3. The van der Waals surface area contributed by atoms with E-state index in [0.717, 1.165) is 11.3 Å². The summed E-state index contributed by atoms with van der Waals surface area (Å²) in [5.74, 6) is 0.959. The van der Waals surface area contributed by atoms with Gasteiger partial charge < -0.3 is 14.8 Å². The fraction of sp³-hybridized carbons (Fsp3) is 0.167. The first kappa shape index (κ1) is 16.4. The van der Waals surface area contributed by atoms with Crippen LogP contribution in [0.3, 0.4) is 0 Å². The summed E-state index contributed by atoms with van der Waals surface area (Å²) >= 11 is 6.21. The van der Waals surface area contributed by atoms with Gasteiger partial charge in [-0.25, -0.2) is 9.67 Å². The monoisotopic (exact) mass is 370 g/mol. The third-order valence-electron chi connectivity index (χ3n) is 3.86. The summed E-state index contributed by atoms with van der Waals surface area (Å²) < 4.78 is 12.7. The maximum absolute atomic E-state index is 12.3. The van der Waals surface area contributed by atoms with Crippen LogP contribution in [0.25, 0.3) is 5.69 Å². The Morgan fingerprint density at radius 2 is 2.00 bits per heavy atom. The van der Waals surface area contributed by atoms with Crippen molar-refractivity contribution in [2.24, 2.45) is 0 Å². The fourth-order valence-electron chi connectivity index (χ4n) is 2.70. The minimum Gasteiger partial charge on any atom is -0.486 e. The molecule has 0 radical (unpaired) electrons. The summed E-state index contributed by atoms with van der Waals surface area (Å²) in [6.07, 6.45) is 3.26. The zero-order chi connectivity index (χ0) is 17.9. The Labute approximate surface area is 154 Å². The van der Waals surface area contributed by atoms with Crippen LogP contribution in [0.1, 0.15) is 5.56 Å². The summed E-state index contributed by atoms with van der Waals surface area (Å²) in [6.45, 7) is 0.939. The molecule has 1 N–H and O–H groups in total. The van der Waals surface area contributed by atoms with Gasteiger partial charge in [0.15, 0.2) is 11.5 Å². The van der Waals surface area contributed by atoms with Crippen molar-refractivity contribution in [1.29, 1.82) is 0 Å². The van der Waals surface area contributed by atoms with Crippen LogP contribution in [-0.4, -0.2) is 33.9 Å². The zero-order valence-electron chi connectivity index (χ0n) is 13.7.